The molecule has 1 aromatic rings. The lowest BCUT2D eigenvalue weighted by Gasteiger charge is -2.34. The molecular formula is C23H41N5O. The van der Waals surface area contributed by atoms with Crippen molar-refractivity contribution in [3.63, 3.8) is 0 Å². The zero-order chi connectivity index (χ0) is 21.1. The van der Waals surface area contributed by atoms with Gasteiger partial charge < -0.3 is 15.4 Å². The molecule has 0 amide bonds. The van der Waals surface area contributed by atoms with Gasteiger partial charge in [-0.2, -0.15) is 0 Å². The lowest BCUT2D eigenvalue weighted by atomic mass is 10.1. The van der Waals surface area contributed by atoms with Crippen LogP contribution in [0.3, 0.4) is 0 Å². The van der Waals surface area contributed by atoms with Crippen molar-refractivity contribution in [3.05, 3.63) is 35.4 Å². The molecule has 0 saturated carbocycles. The molecule has 1 unspecified atom stereocenters. The molecule has 0 spiro atoms. The second kappa shape index (κ2) is 12.8. The zero-order valence-electron chi connectivity index (χ0n) is 19.1. The molecule has 2 rings (SSSR count). The van der Waals surface area contributed by atoms with Gasteiger partial charge in [0.15, 0.2) is 5.96 Å². The molecule has 0 radical (unpaired) electrons. The number of nitrogens with zero attached hydrogens (tertiary/aromatic N) is 3. The number of aliphatic imine (C=N–C) groups is 1. The Morgan fingerprint density at radius 2 is 1.86 bits per heavy atom. The average Bonchev–Trinajstić information content (AvgIpc) is 2.73. The van der Waals surface area contributed by atoms with Gasteiger partial charge in [0, 0.05) is 46.3 Å². The van der Waals surface area contributed by atoms with Gasteiger partial charge >= 0.3 is 0 Å². The van der Waals surface area contributed by atoms with E-state index >= 15 is 0 Å². The lowest BCUT2D eigenvalue weighted by molar-refractivity contribution is -0.0284. The van der Waals surface area contributed by atoms with Crippen molar-refractivity contribution < 1.29 is 4.74 Å². The third-order valence-corrected chi connectivity index (χ3v) is 5.35. The predicted octanol–water partition coefficient (Wildman–Crippen LogP) is 2.55. The SMILES string of the molecule is CCN(CC)Cc1ccc(CNC(=NC)NCC2CN(CC(C)C)CCO2)cc1. The van der Waals surface area contributed by atoms with Gasteiger partial charge in [0.25, 0.3) is 0 Å². The predicted molar refractivity (Wildman–Crippen MR) is 122 cm³/mol. The molecule has 1 aliphatic rings. The molecule has 1 atom stereocenters. The minimum Gasteiger partial charge on any atom is -0.374 e. The van der Waals surface area contributed by atoms with Crippen LogP contribution in [0.5, 0.6) is 0 Å². The summed E-state index contributed by atoms with van der Waals surface area (Å²) in [5.74, 6) is 1.51. The summed E-state index contributed by atoms with van der Waals surface area (Å²) in [6, 6.07) is 8.86. The van der Waals surface area contributed by atoms with Crippen molar-refractivity contribution in [1.82, 2.24) is 20.4 Å². The summed E-state index contributed by atoms with van der Waals surface area (Å²) in [5.41, 5.74) is 2.62. The summed E-state index contributed by atoms with van der Waals surface area (Å²) in [5, 5.41) is 6.83. The van der Waals surface area contributed by atoms with Crippen LogP contribution in [0.4, 0.5) is 0 Å². The number of ether oxygens (including phenoxy) is 1. The van der Waals surface area contributed by atoms with Crippen molar-refractivity contribution in [2.45, 2.75) is 46.9 Å². The first kappa shape index (κ1) is 23.6. The van der Waals surface area contributed by atoms with E-state index in [1.165, 1.54) is 11.1 Å². The molecule has 1 aliphatic heterocycles. The number of hydrogen-bond donors (Lipinski definition) is 2. The van der Waals surface area contributed by atoms with Crippen LogP contribution in [0.1, 0.15) is 38.8 Å². The van der Waals surface area contributed by atoms with Gasteiger partial charge in [0.05, 0.1) is 12.7 Å². The molecule has 6 heteroatoms. The second-order valence-electron chi connectivity index (χ2n) is 8.23. The van der Waals surface area contributed by atoms with E-state index in [1.807, 2.05) is 7.05 Å². The van der Waals surface area contributed by atoms with Crippen LogP contribution >= 0.6 is 0 Å². The van der Waals surface area contributed by atoms with E-state index < -0.39 is 0 Å². The van der Waals surface area contributed by atoms with Crippen LogP contribution in [-0.4, -0.2) is 74.8 Å². The number of rotatable bonds is 10. The highest BCUT2D eigenvalue weighted by Gasteiger charge is 2.21. The van der Waals surface area contributed by atoms with Gasteiger partial charge in [0.2, 0.25) is 0 Å². The first-order valence-corrected chi connectivity index (χ1v) is 11.1. The second-order valence-corrected chi connectivity index (χ2v) is 8.23. The maximum Gasteiger partial charge on any atom is 0.191 e. The van der Waals surface area contributed by atoms with E-state index in [4.69, 9.17) is 4.74 Å². The van der Waals surface area contributed by atoms with Gasteiger partial charge in [0.1, 0.15) is 0 Å². The highest BCUT2D eigenvalue weighted by Crippen LogP contribution is 2.09. The van der Waals surface area contributed by atoms with Crippen molar-refractivity contribution in [1.29, 1.82) is 0 Å². The third kappa shape index (κ3) is 8.72. The molecule has 6 nitrogen and oxygen atoms in total. The van der Waals surface area contributed by atoms with Crippen LogP contribution in [-0.2, 0) is 17.8 Å². The van der Waals surface area contributed by atoms with Gasteiger partial charge in [-0.3, -0.25) is 14.8 Å². The Labute approximate surface area is 177 Å². The van der Waals surface area contributed by atoms with Crippen LogP contribution in [0.25, 0.3) is 0 Å². The number of benzene rings is 1. The largest absolute Gasteiger partial charge is 0.374 e. The fourth-order valence-electron chi connectivity index (χ4n) is 3.67. The topological polar surface area (TPSA) is 52.1 Å². The van der Waals surface area contributed by atoms with Crippen molar-refractivity contribution in [2.24, 2.45) is 10.9 Å². The van der Waals surface area contributed by atoms with Gasteiger partial charge in [-0.05, 0) is 30.1 Å². The van der Waals surface area contributed by atoms with E-state index in [0.717, 1.165) is 64.9 Å². The Balaban J connectivity index is 1.74. The van der Waals surface area contributed by atoms with Gasteiger partial charge in [-0.1, -0.05) is 52.0 Å². The first-order chi connectivity index (χ1) is 14.0. The fourth-order valence-corrected chi connectivity index (χ4v) is 3.67. The number of hydrogen-bond acceptors (Lipinski definition) is 4. The Morgan fingerprint density at radius 3 is 2.48 bits per heavy atom. The highest BCUT2D eigenvalue weighted by molar-refractivity contribution is 5.79. The monoisotopic (exact) mass is 403 g/mol. The molecule has 2 N–H and O–H groups in total. The number of morpholine rings is 1. The molecule has 1 heterocycles. The molecule has 29 heavy (non-hydrogen) atoms. The summed E-state index contributed by atoms with van der Waals surface area (Å²) >= 11 is 0. The molecule has 164 valence electrons. The Bertz CT molecular complexity index is 598. The molecular weight excluding hydrogens is 362 g/mol. The first-order valence-electron chi connectivity index (χ1n) is 11.1. The van der Waals surface area contributed by atoms with Gasteiger partial charge in [-0.15, -0.1) is 0 Å². The van der Waals surface area contributed by atoms with Crippen LogP contribution in [0.2, 0.25) is 0 Å². The quantitative estimate of drug-likeness (QED) is 0.464. The lowest BCUT2D eigenvalue weighted by Crippen LogP contribution is -2.50. The summed E-state index contributed by atoms with van der Waals surface area (Å²) in [7, 11) is 1.81. The van der Waals surface area contributed by atoms with E-state index in [1.54, 1.807) is 0 Å². The van der Waals surface area contributed by atoms with Crippen molar-refractivity contribution >= 4 is 5.96 Å². The number of nitrogens with one attached hydrogen (secondary N) is 2. The summed E-state index contributed by atoms with van der Waals surface area (Å²) in [4.78, 5) is 9.27. The Morgan fingerprint density at radius 1 is 1.17 bits per heavy atom. The Hall–Kier alpha value is -1.63. The van der Waals surface area contributed by atoms with Crippen molar-refractivity contribution in [2.75, 3.05) is 52.9 Å². The summed E-state index contributed by atoms with van der Waals surface area (Å²) < 4.78 is 5.92. The standard InChI is InChI=1S/C23H41N5O/c1-6-27(7-2)17-21-10-8-20(9-11-21)14-25-23(24-5)26-15-22-18-28(12-13-29-22)16-19(3)4/h8-11,19,22H,6-7,12-18H2,1-5H3,(H2,24,25,26). The van der Waals surface area contributed by atoms with Gasteiger partial charge in [-0.25, -0.2) is 0 Å². The van der Waals surface area contributed by atoms with E-state index in [0.29, 0.717) is 5.92 Å². The minimum absolute atomic E-state index is 0.209. The fraction of sp³-hybridized carbons (Fsp3) is 0.696. The van der Waals surface area contributed by atoms with E-state index in [9.17, 15) is 0 Å². The average molecular weight is 404 g/mol. The normalized spacial score (nSPS) is 18.4. The molecule has 0 bridgehead atoms. The highest BCUT2D eigenvalue weighted by atomic mass is 16.5. The van der Waals surface area contributed by atoms with Crippen LogP contribution in [0.15, 0.2) is 29.3 Å². The zero-order valence-corrected chi connectivity index (χ0v) is 19.1. The Kier molecular flexibility index (Phi) is 10.5. The molecule has 1 fully saturated rings. The maximum atomic E-state index is 5.92. The minimum atomic E-state index is 0.209. The van der Waals surface area contributed by atoms with Crippen molar-refractivity contribution in [3.8, 4) is 0 Å². The summed E-state index contributed by atoms with van der Waals surface area (Å²) in [6.07, 6.45) is 0.209. The molecule has 0 aromatic heterocycles. The smallest absolute Gasteiger partial charge is 0.191 e. The summed E-state index contributed by atoms with van der Waals surface area (Å²) in [6.45, 7) is 17.6. The number of guanidine groups is 1. The van der Waals surface area contributed by atoms with E-state index in [-0.39, 0.29) is 6.10 Å². The third-order valence-electron chi connectivity index (χ3n) is 5.35. The van der Waals surface area contributed by atoms with Crippen LogP contribution in [0, 0.1) is 5.92 Å². The maximum absolute atomic E-state index is 5.92. The molecule has 0 aliphatic carbocycles. The van der Waals surface area contributed by atoms with E-state index in [2.05, 4.69) is 77.4 Å². The molecule has 1 saturated heterocycles. The van der Waals surface area contributed by atoms with Crippen LogP contribution < -0.4 is 10.6 Å². The molecule has 1 aromatic carbocycles.